The standard InChI is InChI=1S/C13H21NO3S2/c1-9-3-4-11(5-10(9)2)14-19(16,17)13-6-12(7-15)18-8-13/h6,8-11,14-15H,3-5,7H2,1-2H3. The van der Waals surface area contributed by atoms with Gasteiger partial charge in [-0.3, -0.25) is 0 Å². The highest BCUT2D eigenvalue weighted by molar-refractivity contribution is 7.89. The van der Waals surface area contributed by atoms with E-state index in [2.05, 4.69) is 18.6 Å². The Balaban J connectivity index is 2.05. The third-order valence-electron chi connectivity index (χ3n) is 4.02. The molecule has 0 radical (unpaired) electrons. The van der Waals surface area contributed by atoms with E-state index in [0.29, 0.717) is 16.7 Å². The van der Waals surface area contributed by atoms with E-state index < -0.39 is 10.0 Å². The summed E-state index contributed by atoms with van der Waals surface area (Å²) in [6.07, 6.45) is 2.87. The highest BCUT2D eigenvalue weighted by Gasteiger charge is 2.28. The number of sulfonamides is 1. The predicted octanol–water partition coefficient (Wildman–Crippen LogP) is 2.34. The van der Waals surface area contributed by atoms with E-state index in [4.69, 9.17) is 5.11 Å². The van der Waals surface area contributed by atoms with Crippen LogP contribution in [0.2, 0.25) is 0 Å². The molecule has 0 aromatic carbocycles. The third kappa shape index (κ3) is 3.56. The molecular weight excluding hydrogens is 282 g/mol. The minimum atomic E-state index is -3.44. The van der Waals surface area contributed by atoms with Crippen molar-refractivity contribution in [1.29, 1.82) is 0 Å². The number of nitrogens with one attached hydrogen (secondary N) is 1. The van der Waals surface area contributed by atoms with Gasteiger partial charge in [0.1, 0.15) is 0 Å². The Morgan fingerprint density at radius 3 is 2.68 bits per heavy atom. The summed E-state index contributed by atoms with van der Waals surface area (Å²) < 4.78 is 27.3. The predicted molar refractivity (Wildman–Crippen MR) is 76.5 cm³/mol. The van der Waals surface area contributed by atoms with E-state index in [1.165, 1.54) is 11.3 Å². The second-order valence-corrected chi connectivity index (χ2v) is 8.20. The van der Waals surface area contributed by atoms with Crippen molar-refractivity contribution in [2.24, 2.45) is 11.8 Å². The summed E-state index contributed by atoms with van der Waals surface area (Å²) in [5, 5.41) is 10.6. The average molecular weight is 303 g/mol. The monoisotopic (exact) mass is 303 g/mol. The van der Waals surface area contributed by atoms with Crippen LogP contribution < -0.4 is 4.72 Å². The molecule has 4 nitrogen and oxygen atoms in total. The lowest BCUT2D eigenvalue weighted by atomic mass is 9.79. The van der Waals surface area contributed by atoms with Crippen molar-refractivity contribution in [1.82, 2.24) is 4.72 Å². The Hall–Kier alpha value is -0.430. The quantitative estimate of drug-likeness (QED) is 0.897. The Morgan fingerprint density at radius 1 is 1.37 bits per heavy atom. The molecule has 0 spiro atoms. The van der Waals surface area contributed by atoms with Gasteiger partial charge in [-0.25, -0.2) is 13.1 Å². The summed E-state index contributed by atoms with van der Waals surface area (Å²) in [4.78, 5) is 0.943. The minimum Gasteiger partial charge on any atom is -0.391 e. The van der Waals surface area contributed by atoms with Gasteiger partial charge >= 0.3 is 0 Å². The Morgan fingerprint density at radius 2 is 2.11 bits per heavy atom. The van der Waals surface area contributed by atoms with Crippen LogP contribution in [0.25, 0.3) is 0 Å². The second-order valence-electron chi connectivity index (χ2n) is 5.49. The van der Waals surface area contributed by atoms with E-state index in [9.17, 15) is 8.42 Å². The van der Waals surface area contributed by atoms with Gasteiger partial charge in [-0.05, 0) is 37.2 Å². The molecule has 1 aromatic heterocycles. The van der Waals surface area contributed by atoms with Gasteiger partial charge in [0.25, 0.3) is 0 Å². The van der Waals surface area contributed by atoms with E-state index in [-0.39, 0.29) is 17.5 Å². The van der Waals surface area contributed by atoms with Crippen molar-refractivity contribution >= 4 is 21.4 Å². The first-order chi connectivity index (χ1) is 8.92. The van der Waals surface area contributed by atoms with Crippen LogP contribution in [0.5, 0.6) is 0 Å². The van der Waals surface area contributed by atoms with E-state index in [1.54, 1.807) is 11.4 Å². The van der Waals surface area contributed by atoms with Gasteiger partial charge in [0, 0.05) is 16.3 Å². The smallest absolute Gasteiger partial charge is 0.241 e. The molecule has 0 amide bonds. The van der Waals surface area contributed by atoms with Gasteiger partial charge in [0.15, 0.2) is 0 Å². The molecule has 3 unspecified atom stereocenters. The first kappa shape index (κ1) is 15.0. The zero-order valence-electron chi connectivity index (χ0n) is 11.3. The molecule has 0 saturated heterocycles. The molecule has 0 bridgehead atoms. The number of aliphatic hydroxyl groups is 1. The van der Waals surface area contributed by atoms with Gasteiger partial charge in [0.05, 0.1) is 11.5 Å². The molecule has 1 aliphatic rings. The molecule has 1 saturated carbocycles. The summed E-state index contributed by atoms with van der Waals surface area (Å²) in [6, 6.07) is 1.58. The average Bonchev–Trinajstić information content (AvgIpc) is 2.83. The van der Waals surface area contributed by atoms with Crippen LogP contribution in [-0.4, -0.2) is 19.6 Å². The molecule has 1 fully saturated rings. The lowest BCUT2D eigenvalue weighted by Crippen LogP contribution is -2.39. The molecule has 1 aromatic rings. The zero-order valence-corrected chi connectivity index (χ0v) is 12.9. The largest absolute Gasteiger partial charge is 0.391 e. The highest BCUT2D eigenvalue weighted by atomic mass is 32.2. The van der Waals surface area contributed by atoms with Crippen molar-refractivity contribution in [3.05, 3.63) is 16.3 Å². The zero-order chi connectivity index (χ0) is 14.0. The SMILES string of the molecule is CC1CCC(NS(=O)(=O)c2csc(CO)c2)CC1C. The van der Waals surface area contributed by atoms with Crippen LogP contribution in [0.1, 0.15) is 38.0 Å². The van der Waals surface area contributed by atoms with Crippen molar-refractivity contribution in [2.75, 3.05) is 0 Å². The maximum Gasteiger partial charge on any atom is 0.241 e. The van der Waals surface area contributed by atoms with E-state index in [1.807, 2.05) is 0 Å². The number of thiophene rings is 1. The van der Waals surface area contributed by atoms with Gasteiger partial charge in [-0.15, -0.1) is 11.3 Å². The Bertz CT molecular complexity index is 524. The van der Waals surface area contributed by atoms with Crippen LogP contribution in [0.4, 0.5) is 0 Å². The minimum absolute atomic E-state index is 0.0358. The van der Waals surface area contributed by atoms with Gasteiger partial charge in [-0.2, -0.15) is 0 Å². The third-order valence-corrected chi connectivity index (χ3v) is 6.59. The van der Waals surface area contributed by atoms with Crippen molar-refractivity contribution < 1.29 is 13.5 Å². The lowest BCUT2D eigenvalue weighted by molar-refractivity contribution is 0.242. The number of hydrogen-bond acceptors (Lipinski definition) is 4. The Labute approximate surface area is 118 Å². The van der Waals surface area contributed by atoms with Crippen molar-refractivity contribution in [2.45, 2.75) is 50.7 Å². The molecule has 2 rings (SSSR count). The van der Waals surface area contributed by atoms with Crippen LogP contribution in [0.15, 0.2) is 16.3 Å². The summed E-state index contributed by atoms with van der Waals surface area (Å²) in [5.74, 6) is 1.22. The van der Waals surface area contributed by atoms with E-state index in [0.717, 1.165) is 19.3 Å². The maximum absolute atomic E-state index is 12.2. The fourth-order valence-electron chi connectivity index (χ4n) is 2.53. The highest BCUT2D eigenvalue weighted by Crippen LogP contribution is 2.30. The summed E-state index contributed by atoms with van der Waals surface area (Å²) in [7, 11) is -3.44. The first-order valence-electron chi connectivity index (χ1n) is 6.63. The van der Waals surface area contributed by atoms with Gasteiger partial charge in [0.2, 0.25) is 10.0 Å². The topological polar surface area (TPSA) is 66.4 Å². The van der Waals surface area contributed by atoms with Gasteiger partial charge in [-0.1, -0.05) is 13.8 Å². The van der Waals surface area contributed by atoms with Crippen LogP contribution >= 0.6 is 11.3 Å². The summed E-state index contributed by atoms with van der Waals surface area (Å²) in [6.45, 7) is 4.29. The number of hydrogen-bond donors (Lipinski definition) is 2. The molecular formula is C13H21NO3S2. The van der Waals surface area contributed by atoms with Crippen LogP contribution in [0.3, 0.4) is 0 Å². The maximum atomic E-state index is 12.2. The number of aliphatic hydroxyl groups excluding tert-OH is 1. The molecule has 1 heterocycles. The van der Waals surface area contributed by atoms with Gasteiger partial charge < -0.3 is 5.11 Å². The normalized spacial score (nSPS) is 28.5. The molecule has 0 aliphatic heterocycles. The van der Waals surface area contributed by atoms with Crippen LogP contribution in [0, 0.1) is 11.8 Å². The van der Waals surface area contributed by atoms with Crippen molar-refractivity contribution in [3.8, 4) is 0 Å². The molecule has 108 valence electrons. The fraction of sp³-hybridized carbons (Fsp3) is 0.692. The molecule has 3 atom stereocenters. The molecule has 6 heteroatoms. The molecule has 19 heavy (non-hydrogen) atoms. The van der Waals surface area contributed by atoms with Crippen LogP contribution in [-0.2, 0) is 16.6 Å². The van der Waals surface area contributed by atoms with Crippen molar-refractivity contribution in [3.63, 3.8) is 0 Å². The first-order valence-corrected chi connectivity index (χ1v) is 8.99. The lowest BCUT2D eigenvalue weighted by Gasteiger charge is -2.32. The summed E-state index contributed by atoms with van der Waals surface area (Å²) >= 11 is 1.27. The Kier molecular flexibility index (Phi) is 4.66. The van der Waals surface area contributed by atoms with E-state index >= 15 is 0 Å². The summed E-state index contributed by atoms with van der Waals surface area (Å²) in [5.41, 5.74) is 0. The second kappa shape index (κ2) is 5.91. The molecule has 1 aliphatic carbocycles. The molecule has 2 N–H and O–H groups in total. The fourth-order valence-corrected chi connectivity index (χ4v) is 4.94. The number of rotatable bonds is 4.